The minimum atomic E-state index is 1.02. The minimum Gasteiger partial charge on any atom is -0.310 e. The molecule has 0 unspecified atom stereocenters. The topological polar surface area (TPSA) is 3.24 Å². The van der Waals surface area contributed by atoms with Crippen molar-refractivity contribution in [2.24, 2.45) is 0 Å². The summed E-state index contributed by atoms with van der Waals surface area (Å²) in [5.41, 5.74) is 12.4. The van der Waals surface area contributed by atoms with E-state index >= 15 is 0 Å². The van der Waals surface area contributed by atoms with Gasteiger partial charge in [-0.3, -0.25) is 0 Å². The fraction of sp³-hybridized carbons (Fsp3) is 0. The molecule has 6 aromatic rings. The summed E-state index contributed by atoms with van der Waals surface area (Å²) < 4.78 is 0. The molecule has 0 aliphatic heterocycles. The van der Waals surface area contributed by atoms with Crippen molar-refractivity contribution in [3.05, 3.63) is 195 Å². The van der Waals surface area contributed by atoms with E-state index in [0.29, 0.717) is 0 Å². The van der Waals surface area contributed by atoms with E-state index in [2.05, 4.69) is 164 Å². The molecule has 0 spiro atoms. The molecule has 0 aliphatic carbocycles. The molecule has 0 aromatic heterocycles. The van der Waals surface area contributed by atoms with Crippen LogP contribution in [0.15, 0.2) is 189 Å². The number of hydrogen-bond donors (Lipinski definition) is 0. The van der Waals surface area contributed by atoms with Gasteiger partial charge >= 0.3 is 0 Å². The number of hydrogen-bond acceptors (Lipinski definition) is 1. The summed E-state index contributed by atoms with van der Waals surface area (Å²) in [4.78, 5) is 2.33. The summed E-state index contributed by atoms with van der Waals surface area (Å²) in [7, 11) is 0. The third-order valence-corrected chi connectivity index (χ3v) is 7.60. The van der Waals surface area contributed by atoms with Gasteiger partial charge in [0.05, 0.1) is 0 Å². The van der Waals surface area contributed by atoms with Crippen LogP contribution in [0.25, 0.3) is 39.0 Å². The Labute approximate surface area is 255 Å². The quantitative estimate of drug-likeness (QED) is 0.162. The van der Waals surface area contributed by atoms with Crippen molar-refractivity contribution in [1.82, 2.24) is 0 Å². The van der Waals surface area contributed by atoms with Gasteiger partial charge < -0.3 is 4.90 Å². The Balaban J connectivity index is 1.52. The van der Waals surface area contributed by atoms with Crippen molar-refractivity contribution >= 4 is 22.6 Å². The molecule has 0 saturated carbocycles. The van der Waals surface area contributed by atoms with E-state index in [-0.39, 0.29) is 0 Å². The van der Waals surface area contributed by atoms with Crippen molar-refractivity contribution < 1.29 is 0 Å². The number of allylic oxidation sites excluding steroid dienone is 4. The summed E-state index contributed by atoms with van der Waals surface area (Å²) >= 11 is 0. The first-order valence-corrected chi connectivity index (χ1v) is 14.5. The second-order valence-corrected chi connectivity index (χ2v) is 10.4. The molecule has 206 valence electrons. The van der Waals surface area contributed by atoms with Crippen molar-refractivity contribution in [2.45, 2.75) is 0 Å². The Bertz CT molecular complexity index is 1770. The molecular weight excluding hydrogens is 518 g/mol. The summed E-state index contributed by atoms with van der Waals surface area (Å²) in [5, 5.41) is 0. The highest BCUT2D eigenvalue weighted by Gasteiger charge is 2.16. The first-order chi connectivity index (χ1) is 21.2. The van der Waals surface area contributed by atoms with Gasteiger partial charge in [-0.05, 0) is 87.0 Å². The van der Waals surface area contributed by atoms with Gasteiger partial charge in [-0.15, -0.1) is 0 Å². The van der Waals surface area contributed by atoms with Crippen LogP contribution in [0, 0.1) is 0 Å². The van der Waals surface area contributed by atoms with E-state index in [1.54, 1.807) is 0 Å². The van der Waals surface area contributed by atoms with E-state index in [1.165, 1.54) is 22.3 Å². The van der Waals surface area contributed by atoms with Crippen LogP contribution < -0.4 is 4.90 Å². The van der Waals surface area contributed by atoms with Crippen LogP contribution in [0.3, 0.4) is 0 Å². The SMILES string of the molecule is C=C/C=C(\C=C)c1cc(-c2ccccc2)cc(N(c2ccc(-c3ccccc3)cc2)c2ccc(-c3ccccc3)cc2)c1. The molecule has 0 amide bonds. The molecule has 1 nitrogen and oxygen atoms in total. The Morgan fingerprint density at radius 2 is 0.837 bits per heavy atom. The monoisotopic (exact) mass is 551 g/mol. The van der Waals surface area contributed by atoms with Crippen LogP contribution in [0.5, 0.6) is 0 Å². The van der Waals surface area contributed by atoms with Crippen LogP contribution in [-0.2, 0) is 0 Å². The molecule has 0 N–H and O–H groups in total. The van der Waals surface area contributed by atoms with E-state index in [9.17, 15) is 0 Å². The Morgan fingerprint density at radius 1 is 0.419 bits per heavy atom. The van der Waals surface area contributed by atoms with Crippen molar-refractivity contribution in [3.63, 3.8) is 0 Å². The molecule has 43 heavy (non-hydrogen) atoms. The molecule has 6 rings (SSSR count). The average Bonchev–Trinajstić information content (AvgIpc) is 3.09. The lowest BCUT2D eigenvalue weighted by Crippen LogP contribution is -2.10. The molecule has 0 radical (unpaired) electrons. The predicted octanol–water partition coefficient (Wildman–Crippen LogP) is 11.9. The average molecular weight is 552 g/mol. The first-order valence-electron chi connectivity index (χ1n) is 14.5. The van der Waals surface area contributed by atoms with E-state index in [0.717, 1.165) is 39.3 Å². The maximum absolute atomic E-state index is 4.10. The van der Waals surface area contributed by atoms with E-state index < -0.39 is 0 Å². The highest BCUT2D eigenvalue weighted by molar-refractivity contribution is 5.87. The highest BCUT2D eigenvalue weighted by atomic mass is 15.1. The molecule has 0 heterocycles. The van der Waals surface area contributed by atoms with Crippen LogP contribution in [0.4, 0.5) is 17.1 Å². The number of nitrogens with zero attached hydrogens (tertiary/aromatic N) is 1. The van der Waals surface area contributed by atoms with Gasteiger partial charge in [0.25, 0.3) is 0 Å². The Morgan fingerprint density at radius 3 is 1.26 bits per heavy atom. The normalized spacial score (nSPS) is 11.1. The van der Waals surface area contributed by atoms with Crippen LogP contribution >= 0.6 is 0 Å². The zero-order valence-corrected chi connectivity index (χ0v) is 24.1. The molecule has 0 bridgehead atoms. The molecular formula is C42H33N. The maximum atomic E-state index is 4.10. The van der Waals surface area contributed by atoms with Crippen LogP contribution in [-0.4, -0.2) is 0 Å². The molecule has 1 heteroatoms. The minimum absolute atomic E-state index is 1.02. The van der Waals surface area contributed by atoms with Gasteiger partial charge in [-0.1, -0.05) is 147 Å². The van der Waals surface area contributed by atoms with Gasteiger partial charge in [0.1, 0.15) is 0 Å². The van der Waals surface area contributed by atoms with Gasteiger partial charge in [0.15, 0.2) is 0 Å². The van der Waals surface area contributed by atoms with Crippen molar-refractivity contribution in [3.8, 4) is 33.4 Å². The predicted molar refractivity (Wildman–Crippen MR) is 186 cm³/mol. The van der Waals surface area contributed by atoms with Crippen LogP contribution in [0.2, 0.25) is 0 Å². The first kappa shape index (κ1) is 27.5. The second-order valence-electron chi connectivity index (χ2n) is 10.4. The van der Waals surface area contributed by atoms with Gasteiger partial charge in [0.2, 0.25) is 0 Å². The van der Waals surface area contributed by atoms with Crippen LogP contribution in [0.1, 0.15) is 5.56 Å². The Kier molecular flexibility index (Phi) is 8.25. The number of rotatable bonds is 9. The molecule has 0 fully saturated rings. The summed E-state index contributed by atoms with van der Waals surface area (Å²) in [6, 6.07) is 55.9. The lowest BCUT2D eigenvalue weighted by atomic mass is 9.96. The van der Waals surface area contributed by atoms with E-state index in [4.69, 9.17) is 0 Å². The number of benzene rings is 6. The fourth-order valence-electron chi connectivity index (χ4n) is 5.43. The van der Waals surface area contributed by atoms with Gasteiger partial charge in [0, 0.05) is 17.1 Å². The molecule has 0 aliphatic rings. The van der Waals surface area contributed by atoms with Gasteiger partial charge in [-0.2, -0.15) is 0 Å². The maximum Gasteiger partial charge on any atom is 0.0473 e. The standard InChI is InChI=1S/C42H33N/c1-3-14-32(4-2)38-29-39(35-19-12-7-13-20-35)31-42(30-38)43(40-25-21-36(22-26-40)33-15-8-5-9-16-33)41-27-23-37(24-28-41)34-17-10-6-11-18-34/h3-31H,1-2H2/b32-14+. The number of anilines is 3. The molecule has 0 saturated heterocycles. The lowest BCUT2D eigenvalue weighted by molar-refractivity contribution is 1.28. The highest BCUT2D eigenvalue weighted by Crippen LogP contribution is 2.40. The van der Waals surface area contributed by atoms with Crippen molar-refractivity contribution in [2.75, 3.05) is 4.90 Å². The second kappa shape index (κ2) is 12.9. The Hall–Kier alpha value is -5.66. The van der Waals surface area contributed by atoms with E-state index in [1.807, 2.05) is 30.4 Å². The zero-order chi connectivity index (χ0) is 29.4. The third-order valence-electron chi connectivity index (χ3n) is 7.60. The molecule has 0 atom stereocenters. The zero-order valence-electron chi connectivity index (χ0n) is 24.1. The smallest absolute Gasteiger partial charge is 0.0473 e. The van der Waals surface area contributed by atoms with Gasteiger partial charge in [-0.25, -0.2) is 0 Å². The largest absolute Gasteiger partial charge is 0.310 e. The lowest BCUT2D eigenvalue weighted by Gasteiger charge is -2.27. The summed E-state index contributed by atoms with van der Waals surface area (Å²) in [6.45, 7) is 8.04. The third kappa shape index (κ3) is 6.17. The van der Waals surface area contributed by atoms with Crippen molar-refractivity contribution in [1.29, 1.82) is 0 Å². The summed E-state index contributed by atoms with van der Waals surface area (Å²) in [5.74, 6) is 0. The molecule has 6 aromatic carbocycles. The summed E-state index contributed by atoms with van der Waals surface area (Å²) in [6.07, 6.45) is 5.71. The fourth-order valence-corrected chi connectivity index (χ4v) is 5.43.